The lowest BCUT2D eigenvalue weighted by Gasteiger charge is -2.14. The van der Waals surface area contributed by atoms with Gasteiger partial charge in [0.2, 0.25) is 0 Å². The molecule has 0 saturated carbocycles. The van der Waals surface area contributed by atoms with Crippen LogP contribution in [0.15, 0.2) is 3.77 Å². The number of rotatable bonds is 4. The molecule has 0 fully saturated rings. The van der Waals surface area contributed by atoms with Gasteiger partial charge in [-0.1, -0.05) is 38.4 Å². The van der Waals surface area contributed by atoms with Gasteiger partial charge in [0, 0.05) is 10.5 Å². The van der Waals surface area contributed by atoms with Gasteiger partial charge in [0.25, 0.3) is 10.0 Å². The molecule has 0 spiro atoms. The summed E-state index contributed by atoms with van der Waals surface area (Å²) in [5, 5.41) is 0.614. The largest absolute Gasteiger partial charge is 0.258 e. The molecule has 0 aliphatic heterocycles. The quantitative estimate of drug-likeness (QED) is 0.734. The molecule has 13 heavy (non-hydrogen) atoms. The second-order valence-corrected chi connectivity index (χ2v) is 8.31. The minimum atomic E-state index is -3.17. The van der Waals surface area contributed by atoms with Crippen molar-refractivity contribution in [3.05, 3.63) is 0 Å². The van der Waals surface area contributed by atoms with Crippen LogP contribution >= 0.6 is 0 Å². The molecule has 0 bridgehead atoms. The third-order valence-electron chi connectivity index (χ3n) is 1.53. The van der Waals surface area contributed by atoms with Crippen molar-refractivity contribution in [2.24, 2.45) is 3.77 Å². The van der Waals surface area contributed by atoms with E-state index in [4.69, 9.17) is 0 Å². The van der Waals surface area contributed by atoms with Crippen molar-refractivity contribution < 1.29 is 8.42 Å². The SMILES string of the molecule is CCS(=O)(=O)N=S(C(C)C)C(C)C. The molecule has 0 aromatic rings. The lowest BCUT2D eigenvalue weighted by atomic mass is 10.5. The molecule has 0 aliphatic carbocycles. The molecular weight excluding hydrogens is 206 g/mol. The number of nitrogens with zero attached hydrogens (tertiary/aromatic N) is 1. The van der Waals surface area contributed by atoms with E-state index in [1.165, 1.54) is 0 Å². The third kappa shape index (κ3) is 4.76. The zero-order chi connectivity index (χ0) is 10.6. The predicted octanol–water partition coefficient (Wildman–Crippen LogP) is 1.95. The van der Waals surface area contributed by atoms with E-state index >= 15 is 0 Å². The highest BCUT2D eigenvalue weighted by Gasteiger charge is 2.12. The first-order valence-corrected chi connectivity index (χ1v) is 7.39. The molecule has 0 unspecified atom stereocenters. The Labute approximate surface area is 84.1 Å². The Morgan fingerprint density at radius 1 is 1.15 bits per heavy atom. The van der Waals surface area contributed by atoms with Crippen LogP contribution in [-0.2, 0) is 20.7 Å². The molecule has 0 rings (SSSR count). The van der Waals surface area contributed by atoms with E-state index in [1.807, 2.05) is 27.7 Å². The van der Waals surface area contributed by atoms with E-state index in [0.717, 1.165) is 0 Å². The van der Waals surface area contributed by atoms with E-state index in [1.54, 1.807) is 6.92 Å². The minimum absolute atomic E-state index is 0.107. The lowest BCUT2D eigenvalue weighted by Crippen LogP contribution is -2.18. The van der Waals surface area contributed by atoms with Crippen LogP contribution in [0.4, 0.5) is 0 Å². The lowest BCUT2D eigenvalue weighted by molar-refractivity contribution is 0.599. The molecule has 0 amide bonds. The summed E-state index contributed by atoms with van der Waals surface area (Å²) in [6, 6.07) is 0. The van der Waals surface area contributed by atoms with Gasteiger partial charge < -0.3 is 0 Å². The van der Waals surface area contributed by atoms with Gasteiger partial charge >= 0.3 is 0 Å². The summed E-state index contributed by atoms with van der Waals surface area (Å²) in [5.41, 5.74) is 0. The summed E-state index contributed by atoms with van der Waals surface area (Å²) in [6.45, 7) is 9.67. The van der Waals surface area contributed by atoms with E-state index in [2.05, 4.69) is 3.77 Å². The summed E-state index contributed by atoms with van der Waals surface area (Å²) < 4.78 is 26.4. The van der Waals surface area contributed by atoms with Crippen LogP contribution in [0.1, 0.15) is 34.6 Å². The van der Waals surface area contributed by atoms with Gasteiger partial charge in [-0.3, -0.25) is 0 Å². The number of hydrogen-bond acceptors (Lipinski definition) is 2. The molecule has 5 heteroatoms. The molecular formula is C8H19NO2S2. The second kappa shape index (κ2) is 5.10. The van der Waals surface area contributed by atoms with Gasteiger partial charge in [0.15, 0.2) is 0 Å². The zero-order valence-corrected chi connectivity index (χ0v) is 10.6. The molecule has 0 heterocycles. The maximum absolute atomic E-state index is 11.3. The maximum Gasteiger partial charge on any atom is 0.258 e. The Morgan fingerprint density at radius 3 is 1.77 bits per heavy atom. The van der Waals surface area contributed by atoms with Crippen LogP contribution in [0, 0.1) is 0 Å². The van der Waals surface area contributed by atoms with Gasteiger partial charge in [-0.15, -0.1) is 3.77 Å². The summed E-state index contributed by atoms with van der Waals surface area (Å²) in [7, 11) is -3.53. The van der Waals surface area contributed by atoms with Crippen molar-refractivity contribution in [1.82, 2.24) is 0 Å². The fourth-order valence-corrected chi connectivity index (χ4v) is 4.84. The van der Waals surface area contributed by atoms with E-state index in [9.17, 15) is 8.42 Å². The van der Waals surface area contributed by atoms with Crippen LogP contribution in [0.25, 0.3) is 0 Å². The molecule has 0 atom stereocenters. The molecule has 0 aromatic heterocycles. The highest BCUT2D eigenvalue weighted by atomic mass is 32.3. The molecule has 0 aromatic carbocycles. The summed E-state index contributed by atoms with van der Waals surface area (Å²) in [4.78, 5) is 0. The fourth-order valence-electron chi connectivity index (χ4n) is 0.900. The summed E-state index contributed by atoms with van der Waals surface area (Å²) in [5.74, 6) is 0.107. The molecule has 3 nitrogen and oxygen atoms in total. The predicted molar refractivity (Wildman–Crippen MR) is 59.5 cm³/mol. The van der Waals surface area contributed by atoms with Gasteiger partial charge in [-0.2, -0.15) is 0 Å². The average molecular weight is 225 g/mol. The Kier molecular flexibility index (Phi) is 5.14. The Morgan fingerprint density at radius 2 is 1.54 bits per heavy atom. The molecule has 0 N–H and O–H groups in total. The Hall–Kier alpha value is 0.1000. The second-order valence-electron chi connectivity index (χ2n) is 3.39. The molecule has 80 valence electrons. The first kappa shape index (κ1) is 13.1. The highest BCUT2D eigenvalue weighted by molar-refractivity contribution is 8.00. The van der Waals surface area contributed by atoms with Crippen molar-refractivity contribution in [2.75, 3.05) is 5.75 Å². The van der Waals surface area contributed by atoms with Crippen LogP contribution in [0.3, 0.4) is 0 Å². The Bertz CT molecular complexity index is 269. The van der Waals surface area contributed by atoms with Crippen molar-refractivity contribution in [2.45, 2.75) is 45.1 Å². The average Bonchev–Trinajstić information content (AvgIpc) is 1.99. The van der Waals surface area contributed by atoms with Gasteiger partial charge in [-0.05, 0) is 6.92 Å². The van der Waals surface area contributed by atoms with Crippen LogP contribution in [-0.4, -0.2) is 24.7 Å². The first-order chi connectivity index (χ1) is 5.80. The van der Waals surface area contributed by atoms with Crippen LogP contribution < -0.4 is 0 Å². The molecule has 0 aliphatic rings. The minimum Gasteiger partial charge on any atom is -0.204 e. The first-order valence-electron chi connectivity index (χ1n) is 4.48. The van der Waals surface area contributed by atoms with E-state index < -0.39 is 10.0 Å². The van der Waals surface area contributed by atoms with Crippen LogP contribution in [0.5, 0.6) is 0 Å². The standard InChI is InChI=1S/C8H19NO2S2/c1-6-13(10,11)9-12(7(2)3)8(4)5/h7-8H,6H2,1-5H3. The maximum atomic E-state index is 11.3. The summed E-state index contributed by atoms with van der Waals surface area (Å²) >= 11 is 0. The van der Waals surface area contributed by atoms with Crippen LogP contribution in [0.2, 0.25) is 0 Å². The highest BCUT2D eigenvalue weighted by Crippen LogP contribution is 2.09. The van der Waals surface area contributed by atoms with Crippen molar-refractivity contribution in [3.8, 4) is 0 Å². The van der Waals surface area contributed by atoms with Crippen molar-refractivity contribution >= 4 is 20.7 Å². The molecule has 0 radical (unpaired) electrons. The number of hydrogen-bond donors (Lipinski definition) is 0. The van der Waals surface area contributed by atoms with E-state index in [-0.39, 0.29) is 16.4 Å². The topological polar surface area (TPSA) is 46.5 Å². The zero-order valence-electron chi connectivity index (χ0n) is 8.94. The van der Waals surface area contributed by atoms with Gasteiger partial charge in [-0.25, -0.2) is 8.42 Å². The summed E-state index contributed by atoms with van der Waals surface area (Å²) in [6.07, 6.45) is 0. The molecule has 0 saturated heterocycles. The van der Waals surface area contributed by atoms with Gasteiger partial charge in [0.1, 0.15) is 0 Å². The number of sulfonamides is 1. The third-order valence-corrected chi connectivity index (χ3v) is 5.79. The fraction of sp³-hybridized carbons (Fsp3) is 1.00. The van der Waals surface area contributed by atoms with Gasteiger partial charge in [0.05, 0.1) is 5.75 Å². The smallest absolute Gasteiger partial charge is 0.204 e. The van der Waals surface area contributed by atoms with Crippen molar-refractivity contribution in [3.63, 3.8) is 0 Å². The Balaban J connectivity index is 4.96. The van der Waals surface area contributed by atoms with E-state index in [0.29, 0.717) is 10.5 Å². The van der Waals surface area contributed by atoms with Crippen molar-refractivity contribution in [1.29, 1.82) is 0 Å². The monoisotopic (exact) mass is 225 g/mol. The normalized spacial score (nSPS) is 12.9.